The maximum Gasteiger partial charge on any atom is 0.0775 e. The van der Waals surface area contributed by atoms with E-state index >= 15 is 0 Å². The lowest BCUT2D eigenvalue weighted by Crippen LogP contribution is -2.37. The van der Waals surface area contributed by atoms with E-state index in [-0.39, 0.29) is 86.1 Å². The molecule has 0 bridgehead atoms. The fourth-order valence-corrected chi connectivity index (χ4v) is 6.41. The Morgan fingerprint density at radius 2 is 0.977 bits per heavy atom. The van der Waals surface area contributed by atoms with Crippen LogP contribution in [0.15, 0.2) is 138 Å². The van der Waals surface area contributed by atoms with Crippen molar-refractivity contribution in [1.29, 1.82) is 0 Å². The molecule has 5 heteroatoms. The highest BCUT2D eigenvalue weighted by Gasteiger charge is 2.16. The van der Waals surface area contributed by atoms with E-state index in [9.17, 15) is 0 Å². The number of anilines is 3. The van der Waals surface area contributed by atoms with Gasteiger partial charge in [0, 0.05) is 21.5 Å². The first kappa shape index (κ1) is 18.2. The van der Waals surface area contributed by atoms with Crippen LogP contribution in [-0.2, 0) is 0 Å². The zero-order chi connectivity index (χ0) is 43.2. The van der Waals surface area contributed by atoms with Crippen LogP contribution < -0.4 is 21.4 Å². The highest BCUT2D eigenvalue weighted by Crippen LogP contribution is 2.22. The quantitative estimate of drug-likeness (QED) is 0.144. The van der Waals surface area contributed by atoms with Gasteiger partial charge in [0.15, 0.2) is 0 Å². The summed E-state index contributed by atoms with van der Waals surface area (Å²) in [5.41, 5.74) is 7.15. The molecular formula is C38H43BrN2Si2. The summed E-state index contributed by atoms with van der Waals surface area (Å²) in [4.78, 5) is 0. The van der Waals surface area contributed by atoms with E-state index in [4.69, 9.17) is 24.9 Å². The molecule has 0 aliphatic rings. The van der Waals surface area contributed by atoms with Crippen molar-refractivity contribution in [3.8, 4) is 0 Å². The summed E-state index contributed by atoms with van der Waals surface area (Å²) in [7, 11) is -2.57. The molecule has 0 fully saturated rings. The van der Waals surface area contributed by atoms with Crippen molar-refractivity contribution in [3.05, 3.63) is 138 Å². The highest BCUT2D eigenvalue weighted by molar-refractivity contribution is 9.10. The normalized spacial score (nSPS) is 15.8. The molecule has 0 unspecified atom stereocenters. The van der Waals surface area contributed by atoms with Gasteiger partial charge in [0.2, 0.25) is 0 Å². The van der Waals surface area contributed by atoms with Gasteiger partial charge in [0.25, 0.3) is 0 Å². The molecule has 43 heavy (non-hydrogen) atoms. The van der Waals surface area contributed by atoms with Crippen molar-refractivity contribution in [3.63, 3.8) is 0 Å². The molecule has 3 N–H and O–H groups in total. The van der Waals surface area contributed by atoms with Gasteiger partial charge in [-0.15, -0.1) is 0 Å². The molecule has 0 aliphatic carbocycles. The fraction of sp³-hybridized carbons (Fsp3) is 0.158. The highest BCUT2D eigenvalue weighted by atomic mass is 79.9. The molecule has 0 saturated carbocycles. The van der Waals surface area contributed by atoms with E-state index in [0.717, 1.165) is 5.69 Å². The van der Waals surface area contributed by atoms with E-state index in [1.54, 1.807) is 0 Å². The number of benzene rings is 6. The molecule has 0 aliphatic heterocycles. The van der Waals surface area contributed by atoms with E-state index in [0.29, 0.717) is 5.69 Å². The molecular weight excluding hydrogens is 621 g/mol. The summed E-state index contributed by atoms with van der Waals surface area (Å²) in [6, 6.07) is 11.1. The standard InChI is InChI=1S/C19H21NSi.C10H7Br.C9H15NSi/c1-21(2,3)19-12-10-17(11-13-19)20-18-9-8-15-6-4-5-7-16(15)14-18;11-10-6-5-8-3-1-2-4-9(8)7-10;1-11(2,3)9-6-4-8(10)5-7-9/h4-14,20H,1-3H3;1-7H;4-7H,10H2,1-3H3/i4D,5D,6D,7D,8D,9D,14D;1D,2D,3D,4D,5D,6D,7D;. The van der Waals surface area contributed by atoms with Crippen LogP contribution in [0.4, 0.5) is 17.1 Å². The van der Waals surface area contributed by atoms with Crippen LogP contribution in [-0.4, -0.2) is 16.1 Å². The number of nitrogens with one attached hydrogen (secondary N) is 1. The summed E-state index contributed by atoms with van der Waals surface area (Å²) in [6.45, 7) is 13.7. The molecule has 2 nitrogen and oxygen atoms in total. The Bertz CT molecular complexity index is 2410. The minimum Gasteiger partial charge on any atom is -0.399 e. The second-order valence-electron chi connectivity index (χ2n) is 11.8. The van der Waals surface area contributed by atoms with Crippen LogP contribution in [0.2, 0.25) is 39.3 Å². The van der Waals surface area contributed by atoms with Crippen molar-refractivity contribution in [2.45, 2.75) is 39.3 Å². The number of nitrogen functional groups attached to an aromatic ring is 1. The fourth-order valence-electron chi connectivity index (χ4n) is 3.78. The third-order valence-corrected chi connectivity index (χ3v) is 10.8. The van der Waals surface area contributed by atoms with Crippen LogP contribution >= 0.6 is 15.9 Å². The molecule has 0 saturated heterocycles. The van der Waals surface area contributed by atoms with Gasteiger partial charge in [0.05, 0.1) is 35.3 Å². The zero-order valence-corrected chi connectivity index (χ0v) is 28.7. The molecule has 0 radical (unpaired) electrons. The van der Waals surface area contributed by atoms with Crippen molar-refractivity contribution >= 4 is 81.1 Å². The Hall–Kier alpha value is -3.65. The third-order valence-electron chi connectivity index (χ3n) is 6.27. The van der Waals surface area contributed by atoms with E-state index in [1.807, 2.05) is 36.4 Å². The van der Waals surface area contributed by atoms with Gasteiger partial charge < -0.3 is 11.1 Å². The summed E-state index contributed by atoms with van der Waals surface area (Å²) in [5, 5.41) is 5.47. The molecule has 0 amide bonds. The van der Waals surface area contributed by atoms with Crippen LogP contribution in [0, 0.1) is 0 Å². The number of rotatable bonds is 4. The van der Waals surface area contributed by atoms with Gasteiger partial charge in [-0.1, -0.05) is 150 Å². The lowest BCUT2D eigenvalue weighted by molar-refractivity contribution is 1.57. The summed E-state index contributed by atoms with van der Waals surface area (Å²) in [5.74, 6) is 0. The second kappa shape index (κ2) is 14.2. The van der Waals surface area contributed by atoms with Crippen molar-refractivity contribution < 1.29 is 19.2 Å². The maximum atomic E-state index is 8.47. The molecule has 0 aromatic heterocycles. The Morgan fingerprint density at radius 1 is 0.535 bits per heavy atom. The van der Waals surface area contributed by atoms with E-state index in [1.165, 1.54) is 10.4 Å². The van der Waals surface area contributed by atoms with Gasteiger partial charge in [0.1, 0.15) is 0 Å². The SMILES string of the molecule is C[Si](C)(C)c1ccc(N)cc1.[2H]c1c([2H])c([2H])c2c([2H])c(Br)c([2H])c([2H])c2c1[2H].[2H]c1c([2H])c([2H])c2c([2H])c(Nc3ccc([Si](C)(C)C)cc3)c([2H])c([2H])c2c1[2H]. The van der Waals surface area contributed by atoms with Gasteiger partial charge in [-0.2, -0.15) is 0 Å². The molecule has 6 rings (SSSR count). The van der Waals surface area contributed by atoms with Crippen LogP contribution in [0.3, 0.4) is 0 Å². The third kappa shape index (κ3) is 9.68. The van der Waals surface area contributed by atoms with E-state index in [2.05, 4.69) is 72.7 Å². The second-order valence-corrected chi connectivity index (χ2v) is 22.7. The van der Waals surface area contributed by atoms with Crippen LogP contribution in [0.1, 0.15) is 19.2 Å². The molecule has 6 aromatic carbocycles. The molecule has 0 atom stereocenters. The van der Waals surface area contributed by atoms with Gasteiger partial charge in [-0.25, -0.2) is 0 Å². The van der Waals surface area contributed by atoms with Crippen molar-refractivity contribution in [2.75, 3.05) is 11.1 Å². The number of fused-ring (bicyclic) bond motifs is 2. The lowest BCUT2D eigenvalue weighted by Gasteiger charge is -2.17. The summed E-state index contributed by atoms with van der Waals surface area (Å²) < 4.78 is 111. The average Bonchev–Trinajstić information content (AvgIpc) is 3.15. The first-order valence-electron chi connectivity index (χ1n) is 20.6. The van der Waals surface area contributed by atoms with Gasteiger partial charge in [-0.3, -0.25) is 0 Å². The molecule has 0 spiro atoms. The number of nitrogens with two attached hydrogens (primary N) is 1. The topological polar surface area (TPSA) is 38.0 Å². The number of hydrogen-bond donors (Lipinski definition) is 2. The monoisotopic (exact) mass is 676 g/mol. The largest absolute Gasteiger partial charge is 0.399 e. The Kier molecular flexibility index (Phi) is 6.03. The minimum atomic E-state index is -1.46. The molecule has 6 aromatic rings. The van der Waals surface area contributed by atoms with Crippen LogP contribution in [0.5, 0.6) is 0 Å². The first-order chi connectivity index (χ1) is 26.2. The van der Waals surface area contributed by atoms with Crippen LogP contribution in [0.25, 0.3) is 21.5 Å². The predicted molar refractivity (Wildman–Crippen MR) is 202 cm³/mol. The minimum absolute atomic E-state index is 0.0334. The summed E-state index contributed by atoms with van der Waals surface area (Å²) >= 11 is 3.01. The number of halogens is 1. The Balaban J connectivity index is 0.000000211. The maximum absolute atomic E-state index is 8.47. The number of hydrogen-bond acceptors (Lipinski definition) is 2. The molecule has 220 valence electrons. The summed E-state index contributed by atoms with van der Waals surface area (Å²) in [6.07, 6.45) is 0. The predicted octanol–water partition coefficient (Wildman–Crippen LogP) is 10.5. The lowest BCUT2D eigenvalue weighted by atomic mass is 10.1. The van der Waals surface area contributed by atoms with Crippen molar-refractivity contribution in [2.24, 2.45) is 0 Å². The Morgan fingerprint density at radius 3 is 1.49 bits per heavy atom. The van der Waals surface area contributed by atoms with E-state index < -0.39 is 46.4 Å². The first-order valence-corrected chi connectivity index (χ1v) is 21.4. The molecule has 0 heterocycles. The average molecular weight is 678 g/mol. The van der Waals surface area contributed by atoms with Gasteiger partial charge >= 0.3 is 0 Å². The smallest absolute Gasteiger partial charge is 0.0775 e. The van der Waals surface area contributed by atoms with Crippen molar-refractivity contribution in [1.82, 2.24) is 0 Å². The zero-order valence-electron chi connectivity index (χ0n) is 39.1. The van der Waals surface area contributed by atoms with Gasteiger partial charge in [-0.05, 0) is 70.0 Å². The Labute approximate surface area is 287 Å².